The first-order valence-electron chi connectivity index (χ1n) is 5.96. The average Bonchev–Trinajstić information content (AvgIpc) is 2.37. The highest BCUT2D eigenvalue weighted by atomic mass is 79.9. The highest BCUT2D eigenvalue weighted by Gasteiger charge is 2.11. The number of rotatable bonds is 6. The van der Waals surface area contributed by atoms with Gasteiger partial charge in [-0.05, 0) is 46.5 Å². The minimum Gasteiger partial charge on any atom is -0.507 e. The molecule has 0 radical (unpaired) electrons. The van der Waals surface area contributed by atoms with Crippen molar-refractivity contribution in [2.45, 2.75) is 19.8 Å². The molecule has 0 aliphatic carbocycles. The number of aromatic hydroxyl groups is 1. The number of halogens is 1. The Morgan fingerprint density at radius 1 is 1.50 bits per heavy atom. The molecule has 5 heteroatoms. The second-order valence-electron chi connectivity index (χ2n) is 4.16. The summed E-state index contributed by atoms with van der Waals surface area (Å²) in [6, 6.07) is 4.70. The van der Waals surface area contributed by atoms with E-state index in [0.717, 1.165) is 6.42 Å². The Bertz CT molecular complexity index is 409. The molecule has 0 spiro atoms. The van der Waals surface area contributed by atoms with E-state index in [-0.39, 0.29) is 24.2 Å². The van der Waals surface area contributed by atoms with Crippen LogP contribution in [-0.4, -0.2) is 29.3 Å². The minimum atomic E-state index is -0.214. The number of hydrogen-bond donors (Lipinski definition) is 3. The Kier molecular flexibility index (Phi) is 6.15. The number of phenolic OH excluding ortho intramolecular Hbond substituents is 1. The van der Waals surface area contributed by atoms with Crippen molar-refractivity contribution in [3.05, 3.63) is 28.2 Å². The molecule has 0 bridgehead atoms. The van der Waals surface area contributed by atoms with Gasteiger partial charge in [-0.3, -0.25) is 4.79 Å². The van der Waals surface area contributed by atoms with Crippen molar-refractivity contribution in [2.75, 3.05) is 13.2 Å². The van der Waals surface area contributed by atoms with Crippen LogP contribution in [0.3, 0.4) is 0 Å². The summed E-state index contributed by atoms with van der Waals surface area (Å²) in [5, 5.41) is 21.2. The highest BCUT2D eigenvalue weighted by molar-refractivity contribution is 9.10. The normalized spacial score (nSPS) is 12.2. The number of phenols is 1. The van der Waals surface area contributed by atoms with Crippen LogP contribution in [0, 0.1) is 5.92 Å². The predicted molar refractivity (Wildman–Crippen MR) is 73.6 cm³/mol. The summed E-state index contributed by atoms with van der Waals surface area (Å²) in [4.78, 5) is 11.8. The molecule has 0 aromatic heterocycles. The Labute approximate surface area is 115 Å². The molecule has 0 aliphatic rings. The SMILES string of the molecule is CCC(CCO)CNC(=O)c1ccc(Br)c(O)c1. The van der Waals surface area contributed by atoms with Crippen LogP contribution in [0.5, 0.6) is 5.75 Å². The first-order valence-corrected chi connectivity index (χ1v) is 6.75. The van der Waals surface area contributed by atoms with Crippen molar-refractivity contribution in [3.8, 4) is 5.75 Å². The van der Waals surface area contributed by atoms with Crippen LogP contribution in [0.15, 0.2) is 22.7 Å². The molecule has 1 amide bonds. The van der Waals surface area contributed by atoms with Gasteiger partial charge in [-0.2, -0.15) is 0 Å². The van der Waals surface area contributed by atoms with Crippen LogP contribution in [0.25, 0.3) is 0 Å². The summed E-state index contributed by atoms with van der Waals surface area (Å²) < 4.78 is 0.561. The fourth-order valence-electron chi connectivity index (χ4n) is 1.63. The van der Waals surface area contributed by atoms with Gasteiger partial charge in [0.25, 0.3) is 5.91 Å². The summed E-state index contributed by atoms with van der Waals surface area (Å²) in [5.74, 6) is 0.113. The lowest BCUT2D eigenvalue weighted by Crippen LogP contribution is -2.29. The van der Waals surface area contributed by atoms with E-state index < -0.39 is 0 Å². The van der Waals surface area contributed by atoms with E-state index in [9.17, 15) is 9.90 Å². The Morgan fingerprint density at radius 2 is 2.22 bits per heavy atom. The maximum Gasteiger partial charge on any atom is 0.251 e. The van der Waals surface area contributed by atoms with Gasteiger partial charge in [-0.15, -0.1) is 0 Å². The molecule has 1 rings (SSSR count). The molecule has 1 atom stereocenters. The zero-order valence-electron chi connectivity index (χ0n) is 10.3. The van der Waals surface area contributed by atoms with Crippen LogP contribution >= 0.6 is 15.9 Å². The van der Waals surface area contributed by atoms with Crippen molar-refractivity contribution in [2.24, 2.45) is 5.92 Å². The molecular weight excluding hydrogens is 298 g/mol. The summed E-state index contributed by atoms with van der Waals surface area (Å²) in [6.07, 6.45) is 1.59. The Morgan fingerprint density at radius 3 is 2.78 bits per heavy atom. The molecule has 100 valence electrons. The predicted octanol–water partition coefficient (Wildman–Crippen LogP) is 2.29. The maximum atomic E-state index is 11.8. The van der Waals surface area contributed by atoms with Crippen molar-refractivity contribution in [1.29, 1.82) is 0 Å². The molecule has 1 aromatic carbocycles. The van der Waals surface area contributed by atoms with Crippen molar-refractivity contribution in [3.63, 3.8) is 0 Å². The molecule has 0 fully saturated rings. The van der Waals surface area contributed by atoms with E-state index in [1.165, 1.54) is 6.07 Å². The summed E-state index contributed by atoms with van der Waals surface area (Å²) >= 11 is 3.16. The second-order valence-corrected chi connectivity index (χ2v) is 5.02. The van der Waals surface area contributed by atoms with Gasteiger partial charge < -0.3 is 15.5 Å². The standard InChI is InChI=1S/C13H18BrNO3/c1-2-9(5-6-16)8-15-13(18)10-3-4-11(14)12(17)7-10/h3-4,7,9,16-17H,2,5-6,8H2,1H3,(H,15,18). The third-order valence-electron chi connectivity index (χ3n) is 2.87. The van der Waals surface area contributed by atoms with Crippen LogP contribution in [0.1, 0.15) is 30.1 Å². The van der Waals surface area contributed by atoms with E-state index in [2.05, 4.69) is 21.2 Å². The van der Waals surface area contributed by atoms with E-state index in [0.29, 0.717) is 23.0 Å². The van der Waals surface area contributed by atoms with Crippen LogP contribution in [0.4, 0.5) is 0 Å². The third kappa shape index (κ3) is 4.31. The zero-order chi connectivity index (χ0) is 13.5. The molecule has 0 aliphatic heterocycles. The third-order valence-corrected chi connectivity index (χ3v) is 3.54. The molecule has 0 saturated heterocycles. The first kappa shape index (κ1) is 15.0. The monoisotopic (exact) mass is 315 g/mol. The summed E-state index contributed by atoms with van der Waals surface area (Å²) in [6.45, 7) is 2.69. The number of carbonyl (C=O) groups is 1. The largest absolute Gasteiger partial charge is 0.507 e. The topological polar surface area (TPSA) is 69.6 Å². The van der Waals surface area contributed by atoms with Crippen LogP contribution < -0.4 is 5.32 Å². The molecule has 0 saturated carbocycles. The van der Waals surface area contributed by atoms with Crippen molar-refractivity contribution >= 4 is 21.8 Å². The number of aliphatic hydroxyl groups excluding tert-OH is 1. The van der Waals surface area contributed by atoms with Gasteiger partial charge in [0.2, 0.25) is 0 Å². The van der Waals surface area contributed by atoms with E-state index >= 15 is 0 Å². The number of benzene rings is 1. The molecule has 1 unspecified atom stereocenters. The Balaban J connectivity index is 2.57. The first-order chi connectivity index (χ1) is 8.58. The van der Waals surface area contributed by atoms with Gasteiger partial charge in [0.1, 0.15) is 5.75 Å². The van der Waals surface area contributed by atoms with Crippen molar-refractivity contribution < 1.29 is 15.0 Å². The van der Waals surface area contributed by atoms with Gasteiger partial charge in [0.05, 0.1) is 4.47 Å². The number of aliphatic hydroxyl groups is 1. The van der Waals surface area contributed by atoms with Gasteiger partial charge in [0.15, 0.2) is 0 Å². The molecule has 18 heavy (non-hydrogen) atoms. The minimum absolute atomic E-state index is 0.0463. The maximum absolute atomic E-state index is 11.8. The fraction of sp³-hybridized carbons (Fsp3) is 0.462. The number of hydrogen-bond acceptors (Lipinski definition) is 3. The lowest BCUT2D eigenvalue weighted by atomic mass is 10.0. The van der Waals surface area contributed by atoms with Crippen LogP contribution in [0.2, 0.25) is 0 Å². The molecule has 0 heterocycles. The number of nitrogens with one attached hydrogen (secondary N) is 1. The van der Waals surface area contributed by atoms with Gasteiger partial charge in [-0.25, -0.2) is 0 Å². The zero-order valence-corrected chi connectivity index (χ0v) is 11.9. The number of carbonyl (C=O) groups excluding carboxylic acids is 1. The molecule has 4 nitrogen and oxygen atoms in total. The second kappa shape index (κ2) is 7.38. The quantitative estimate of drug-likeness (QED) is 0.754. The fourth-order valence-corrected chi connectivity index (χ4v) is 1.87. The lowest BCUT2D eigenvalue weighted by Gasteiger charge is -2.14. The van der Waals surface area contributed by atoms with Crippen LogP contribution in [-0.2, 0) is 0 Å². The van der Waals surface area contributed by atoms with E-state index in [1.807, 2.05) is 6.92 Å². The van der Waals surface area contributed by atoms with E-state index in [1.54, 1.807) is 12.1 Å². The van der Waals surface area contributed by atoms with Gasteiger partial charge in [-0.1, -0.05) is 13.3 Å². The number of amides is 1. The van der Waals surface area contributed by atoms with Crippen molar-refractivity contribution in [1.82, 2.24) is 5.32 Å². The summed E-state index contributed by atoms with van der Waals surface area (Å²) in [7, 11) is 0. The van der Waals surface area contributed by atoms with E-state index in [4.69, 9.17) is 5.11 Å². The molecular formula is C13H18BrNO3. The smallest absolute Gasteiger partial charge is 0.251 e. The van der Waals surface area contributed by atoms with Gasteiger partial charge in [0, 0.05) is 18.7 Å². The van der Waals surface area contributed by atoms with Gasteiger partial charge >= 0.3 is 0 Å². The average molecular weight is 316 g/mol. The Hall–Kier alpha value is -1.07. The highest BCUT2D eigenvalue weighted by Crippen LogP contribution is 2.24. The molecule has 3 N–H and O–H groups in total. The molecule has 1 aromatic rings. The lowest BCUT2D eigenvalue weighted by molar-refractivity contribution is 0.0943. The summed E-state index contributed by atoms with van der Waals surface area (Å²) in [5.41, 5.74) is 0.426.